The van der Waals surface area contributed by atoms with Gasteiger partial charge in [0, 0.05) is 5.02 Å². The lowest BCUT2D eigenvalue weighted by molar-refractivity contribution is 0.480. The highest BCUT2D eigenvalue weighted by Crippen LogP contribution is 2.17. The van der Waals surface area contributed by atoms with Gasteiger partial charge in [-0.3, -0.25) is 4.55 Å². The molecule has 1 aromatic carbocycles. The first-order valence-corrected chi connectivity index (χ1v) is 6.66. The Hall–Kier alpha value is -0.580. The maximum absolute atomic E-state index is 10.4. The minimum atomic E-state index is -3.82. The molecule has 1 rings (SSSR count). The zero-order valence-corrected chi connectivity index (χ0v) is 9.76. The highest BCUT2D eigenvalue weighted by Gasteiger charge is 2.04. The molecule has 0 fully saturated rings. The van der Waals surface area contributed by atoms with Crippen LogP contribution in [0.2, 0.25) is 5.02 Å². The first kappa shape index (κ1) is 12.5. The second-order valence-electron chi connectivity index (χ2n) is 3.33. The van der Waals surface area contributed by atoms with Crippen LogP contribution in [0, 0.1) is 0 Å². The van der Waals surface area contributed by atoms with Crippen LogP contribution >= 0.6 is 11.6 Å². The summed E-state index contributed by atoms with van der Waals surface area (Å²) in [7, 11) is -3.82. The summed E-state index contributed by atoms with van der Waals surface area (Å²) >= 11 is 5.93. The Labute approximate surface area is 94.8 Å². The Morgan fingerprint density at radius 3 is 2.47 bits per heavy atom. The van der Waals surface area contributed by atoms with Crippen molar-refractivity contribution in [3.05, 3.63) is 34.9 Å². The van der Waals surface area contributed by atoms with Crippen LogP contribution in [0.5, 0.6) is 0 Å². The Bertz CT molecular complexity index is 414. The average Bonchev–Trinajstić information content (AvgIpc) is 2.13. The zero-order chi connectivity index (χ0) is 11.3. The lowest BCUT2D eigenvalue weighted by Crippen LogP contribution is -2.03. The van der Waals surface area contributed by atoms with Crippen LogP contribution in [0.1, 0.15) is 18.4 Å². The predicted molar refractivity (Wildman–Crippen MR) is 60.8 cm³/mol. The normalized spacial score (nSPS) is 11.6. The second-order valence-corrected chi connectivity index (χ2v) is 5.31. The highest BCUT2D eigenvalue weighted by atomic mass is 35.5. The second kappa shape index (κ2) is 5.49. The van der Waals surface area contributed by atoms with Gasteiger partial charge in [0.1, 0.15) is 0 Å². The molecule has 0 aliphatic heterocycles. The van der Waals surface area contributed by atoms with Crippen molar-refractivity contribution < 1.29 is 13.0 Å². The Morgan fingerprint density at radius 1 is 1.20 bits per heavy atom. The molecule has 84 valence electrons. The summed E-state index contributed by atoms with van der Waals surface area (Å²) in [6.45, 7) is 0. The van der Waals surface area contributed by atoms with Crippen LogP contribution in [0.15, 0.2) is 24.3 Å². The fourth-order valence-corrected chi connectivity index (χ4v) is 2.10. The quantitative estimate of drug-likeness (QED) is 0.644. The number of halogens is 1. The van der Waals surface area contributed by atoms with Crippen LogP contribution < -0.4 is 0 Å². The van der Waals surface area contributed by atoms with Gasteiger partial charge in [0.2, 0.25) is 0 Å². The number of rotatable bonds is 5. The summed E-state index contributed by atoms with van der Waals surface area (Å²) in [6.07, 6.45) is 1.88. The summed E-state index contributed by atoms with van der Waals surface area (Å²) in [4.78, 5) is 0. The number of aryl methyl sites for hydroxylation is 1. The van der Waals surface area contributed by atoms with Crippen LogP contribution in [0.3, 0.4) is 0 Å². The molecule has 0 atom stereocenters. The first-order chi connectivity index (χ1) is 6.99. The maximum atomic E-state index is 10.4. The lowest BCUT2D eigenvalue weighted by atomic mass is 10.1. The fourth-order valence-electron chi connectivity index (χ4n) is 1.30. The van der Waals surface area contributed by atoms with Gasteiger partial charge in [0.15, 0.2) is 0 Å². The van der Waals surface area contributed by atoms with Crippen molar-refractivity contribution in [2.75, 3.05) is 5.75 Å². The van der Waals surface area contributed by atoms with E-state index in [1.165, 1.54) is 0 Å². The van der Waals surface area contributed by atoms with Crippen LogP contribution in [0.25, 0.3) is 0 Å². The van der Waals surface area contributed by atoms with E-state index in [4.69, 9.17) is 16.2 Å². The van der Waals surface area contributed by atoms with Gasteiger partial charge in [0.25, 0.3) is 10.1 Å². The molecule has 1 aromatic rings. The van der Waals surface area contributed by atoms with Gasteiger partial charge in [-0.1, -0.05) is 29.8 Å². The molecule has 0 unspecified atom stereocenters. The van der Waals surface area contributed by atoms with Gasteiger partial charge in [-0.2, -0.15) is 8.42 Å². The van der Waals surface area contributed by atoms with E-state index in [-0.39, 0.29) is 5.75 Å². The van der Waals surface area contributed by atoms with Crippen molar-refractivity contribution in [2.24, 2.45) is 0 Å². The third kappa shape index (κ3) is 5.16. The molecule has 0 spiro atoms. The van der Waals surface area contributed by atoms with Gasteiger partial charge in [-0.05, 0) is 30.9 Å². The number of hydrogen-bond acceptors (Lipinski definition) is 2. The predicted octanol–water partition coefficient (Wildman–Crippen LogP) is 2.55. The molecule has 0 saturated heterocycles. The number of benzene rings is 1. The molecule has 0 radical (unpaired) electrons. The fraction of sp³-hybridized carbons (Fsp3) is 0.400. The molecule has 0 heterocycles. The van der Waals surface area contributed by atoms with Crippen molar-refractivity contribution in [3.63, 3.8) is 0 Å². The minimum absolute atomic E-state index is 0.183. The molecule has 5 heteroatoms. The monoisotopic (exact) mass is 248 g/mol. The van der Waals surface area contributed by atoms with Gasteiger partial charge < -0.3 is 0 Å². The van der Waals surface area contributed by atoms with E-state index >= 15 is 0 Å². The molecular formula is C10H13ClO3S. The Kier molecular flexibility index (Phi) is 4.57. The molecule has 3 nitrogen and oxygen atoms in total. The van der Waals surface area contributed by atoms with Crippen molar-refractivity contribution in [2.45, 2.75) is 19.3 Å². The molecule has 0 aliphatic rings. The largest absolute Gasteiger partial charge is 0.286 e. The van der Waals surface area contributed by atoms with E-state index < -0.39 is 10.1 Å². The minimum Gasteiger partial charge on any atom is -0.286 e. The van der Waals surface area contributed by atoms with Crippen molar-refractivity contribution in [3.8, 4) is 0 Å². The summed E-state index contributed by atoms with van der Waals surface area (Å²) in [5.74, 6) is -0.183. The molecule has 0 amide bonds. The average molecular weight is 249 g/mol. The molecular weight excluding hydrogens is 236 g/mol. The van der Waals surface area contributed by atoms with E-state index in [1.807, 2.05) is 18.2 Å². The third-order valence-corrected chi connectivity index (χ3v) is 3.23. The van der Waals surface area contributed by atoms with Gasteiger partial charge in [0.05, 0.1) is 5.75 Å². The summed E-state index contributed by atoms with van der Waals surface area (Å²) < 4.78 is 29.4. The van der Waals surface area contributed by atoms with Crippen LogP contribution in [-0.4, -0.2) is 18.7 Å². The molecule has 0 bridgehead atoms. The molecule has 15 heavy (non-hydrogen) atoms. The first-order valence-electron chi connectivity index (χ1n) is 4.67. The SMILES string of the molecule is O=S(=O)(O)CCCCc1ccccc1Cl. The van der Waals surface area contributed by atoms with E-state index in [2.05, 4.69) is 0 Å². The van der Waals surface area contributed by atoms with E-state index in [0.29, 0.717) is 17.9 Å². The highest BCUT2D eigenvalue weighted by molar-refractivity contribution is 7.85. The maximum Gasteiger partial charge on any atom is 0.264 e. The van der Waals surface area contributed by atoms with E-state index in [0.717, 1.165) is 12.0 Å². The molecule has 0 aliphatic carbocycles. The van der Waals surface area contributed by atoms with Crippen molar-refractivity contribution >= 4 is 21.7 Å². The Balaban J connectivity index is 2.36. The van der Waals surface area contributed by atoms with Crippen molar-refractivity contribution in [1.82, 2.24) is 0 Å². The number of unbranched alkanes of at least 4 members (excludes halogenated alkanes) is 1. The number of hydrogen-bond donors (Lipinski definition) is 1. The van der Waals surface area contributed by atoms with E-state index in [1.54, 1.807) is 6.07 Å². The van der Waals surface area contributed by atoms with Gasteiger partial charge in [-0.15, -0.1) is 0 Å². The molecule has 0 aromatic heterocycles. The van der Waals surface area contributed by atoms with Gasteiger partial charge >= 0.3 is 0 Å². The Morgan fingerprint density at radius 2 is 1.87 bits per heavy atom. The standard InChI is InChI=1S/C10H13ClO3S/c11-10-7-2-1-5-9(10)6-3-4-8-15(12,13)14/h1-2,5,7H,3-4,6,8H2,(H,12,13,14). The van der Waals surface area contributed by atoms with Gasteiger partial charge in [-0.25, -0.2) is 0 Å². The smallest absolute Gasteiger partial charge is 0.264 e. The summed E-state index contributed by atoms with van der Waals surface area (Å²) in [5, 5.41) is 0.698. The van der Waals surface area contributed by atoms with Crippen LogP contribution in [0.4, 0.5) is 0 Å². The lowest BCUT2D eigenvalue weighted by Gasteiger charge is -2.02. The summed E-state index contributed by atoms with van der Waals surface area (Å²) in [6, 6.07) is 7.46. The van der Waals surface area contributed by atoms with Crippen LogP contribution in [-0.2, 0) is 16.5 Å². The van der Waals surface area contributed by atoms with E-state index in [9.17, 15) is 8.42 Å². The van der Waals surface area contributed by atoms with Crippen molar-refractivity contribution in [1.29, 1.82) is 0 Å². The topological polar surface area (TPSA) is 54.4 Å². The third-order valence-electron chi connectivity index (χ3n) is 2.06. The zero-order valence-electron chi connectivity index (χ0n) is 8.19. The summed E-state index contributed by atoms with van der Waals surface area (Å²) in [5.41, 5.74) is 1.01. The molecule has 1 N–H and O–H groups in total. The molecule has 0 saturated carbocycles.